The zero-order valence-electron chi connectivity index (χ0n) is 5.66. The molecule has 0 aliphatic rings. The highest BCUT2D eigenvalue weighted by Gasteiger charge is 2.23. The average molecular weight is 220 g/mol. The monoisotopic (exact) mass is 218 g/mol. The van der Waals surface area contributed by atoms with Crippen LogP contribution >= 0.6 is 33.2 Å². The van der Waals surface area contributed by atoms with Crippen LogP contribution in [0.5, 0.6) is 0 Å². The van der Waals surface area contributed by atoms with E-state index in [0.717, 1.165) is 0 Å². The molecular weight excluding hydrogens is 210 g/mol. The third kappa shape index (κ3) is 8.76. The molecule has 0 unspecified atom stereocenters. The van der Waals surface area contributed by atoms with Crippen LogP contribution < -0.4 is 0 Å². The van der Waals surface area contributed by atoms with Crippen LogP contribution in [0.25, 0.3) is 0 Å². The Balaban J connectivity index is 3.29. The van der Waals surface area contributed by atoms with E-state index in [1.54, 1.807) is 6.92 Å². The highest BCUT2D eigenvalue weighted by Crippen LogP contribution is 2.26. The van der Waals surface area contributed by atoms with Gasteiger partial charge in [0.05, 0.1) is 0 Å². The van der Waals surface area contributed by atoms with Gasteiger partial charge in [0.1, 0.15) is 5.78 Å². The van der Waals surface area contributed by atoms with Gasteiger partial charge in [-0.1, -0.05) is 0 Å². The molecule has 0 fully saturated rings. The summed E-state index contributed by atoms with van der Waals surface area (Å²) in [7, 11) is 0. The van der Waals surface area contributed by atoms with E-state index in [2.05, 4.69) is 0 Å². The maximum Gasteiger partial charge on any atom is 0.341 e. The van der Waals surface area contributed by atoms with Gasteiger partial charge in [0.15, 0.2) is 0 Å². The lowest BCUT2D eigenvalue weighted by Crippen LogP contribution is -2.08. The van der Waals surface area contributed by atoms with Crippen molar-refractivity contribution < 1.29 is 4.79 Å². The average Bonchev–Trinajstić information content (AvgIpc) is 1.59. The first-order chi connectivity index (χ1) is 4.42. The SMILES string of the molecule is CC(=O)CCC[Si](Cl)(Cl)Cl. The van der Waals surface area contributed by atoms with Gasteiger partial charge in [-0.25, -0.2) is 0 Å². The highest BCUT2D eigenvalue weighted by molar-refractivity contribution is 7.64. The second-order valence-corrected chi connectivity index (χ2v) is 11.4. The molecule has 0 aromatic rings. The van der Waals surface area contributed by atoms with Crippen molar-refractivity contribution in [2.75, 3.05) is 0 Å². The van der Waals surface area contributed by atoms with Gasteiger partial charge in [-0.15, -0.1) is 33.2 Å². The summed E-state index contributed by atoms with van der Waals surface area (Å²) in [5, 5.41) is 0. The molecule has 0 atom stereocenters. The molecule has 5 heteroatoms. The Hall–Kier alpha value is 0.757. The summed E-state index contributed by atoms with van der Waals surface area (Å²) in [4.78, 5) is 10.4. The van der Waals surface area contributed by atoms with Crippen LogP contribution in [0, 0.1) is 0 Å². The summed E-state index contributed by atoms with van der Waals surface area (Å²) in [6, 6.07) is -1.88. The molecule has 0 aliphatic carbocycles. The van der Waals surface area contributed by atoms with Gasteiger partial charge in [-0.3, -0.25) is 0 Å². The molecule has 10 heavy (non-hydrogen) atoms. The first kappa shape index (κ1) is 10.8. The van der Waals surface area contributed by atoms with Crippen molar-refractivity contribution in [3.8, 4) is 0 Å². The first-order valence-electron chi connectivity index (χ1n) is 2.98. The minimum atomic E-state index is -2.46. The second kappa shape index (κ2) is 4.60. The van der Waals surface area contributed by atoms with Gasteiger partial charge in [-0.2, -0.15) is 0 Å². The minimum absolute atomic E-state index is 0.156. The molecule has 0 spiro atoms. The fourth-order valence-electron chi connectivity index (χ4n) is 0.538. The fourth-order valence-corrected chi connectivity index (χ4v) is 2.32. The van der Waals surface area contributed by atoms with Crippen LogP contribution in [0.2, 0.25) is 6.04 Å². The zero-order chi connectivity index (χ0) is 8.20. The number of halogens is 3. The van der Waals surface area contributed by atoms with Crippen molar-refractivity contribution >= 4 is 45.0 Å². The van der Waals surface area contributed by atoms with Crippen molar-refractivity contribution in [2.45, 2.75) is 25.8 Å². The number of carbonyl (C=O) groups excluding carboxylic acids is 1. The van der Waals surface area contributed by atoms with E-state index >= 15 is 0 Å². The Morgan fingerprint density at radius 3 is 2.20 bits per heavy atom. The second-order valence-electron chi connectivity index (χ2n) is 2.17. The molecule has 0 saturated heterocycles. The van der Waals surface area contributed by atoms with Gasteiger partial charge in [0.25, 0.3) is 0 Å². The van der Waals surface area contributed by atoms with Gasteiger partial charge in [0, 0.05) is 6.42 Å². The molecule has 0 N–H and O–H groups in total. The molecule has 0 heterocycles. The Bertz CT molecular complexity index is 121. The number of hydrogen-bond acceptors (Lipinski definition) is 1. The van der Waals surface area contributed by atoms with Crippen LogP contribution in [0.3, 0.4) is 0 Å². The molecular formula is C5H9Cl3OSi. The quantitative estimate of drug-likeness (QED) is 0.525. The number of carbonyl (C=O) groups is 1. The summed E-state index contributed by atoms with van der Waals surface area (Å²) < 4.78 is 0. The largest absolute Gasteiger partial charge is 0.341 e. The Morgan fingerprint density at radius 1 is 1.40 bits per heavy atom. The number of Topliss-reactive ketones (excluding diaryl/α,β-unsaturated/α-hetero) is 1. The molecule has 60 valence electrons. The summed E-state index contributed by atoms with van der Waals surface area (Å²) in [6.45, 7) is 1.54. The van der Waals surface area contributed by atoms with Crippen LogP contribution in [0.1, 0.15) is 19.8 Å². The van der Waals surface area contributed by atoms with Crippen molar-refractivity contribution in [2.24, 2.45) is 0 Å². The van der Waals surface area contributed by atoms with E-state index < -0.39 is 6.00 Å². The van der Waals surface area contributed by atoms with E-state index in [9.17, 15) is 4.79 Å². The number of hydrogen-bond donors (Lipinski definition) is 0. The molecule has 0 aliphatic heterocycles. The number of rotatable bonds is 4. The lowest BCUT2D eigenvalue weighted by molar-refractivity contribution is -0.117. The van der Waals surface area contributed by atoms with E-state index in [1.165, 1.54) is 0 Å². The maximum absolute atomic E-state index is 10.4. The topological polar surface area (TPSA) is 17.1 Å². The molecule has 0 saturated carbocycles. The molecule has 0 bridgehead atoms. The molecule has 0 rings (SSSR count). The molecule has 0 aromatic heterocycles. The van der Waals surface area contributed by atoms with E-state index in [-0.39, 0.29) is 5.78 Å². The van der Waals surface area contributed by atoms with E-state index in [0.29, 0.717) is 18.9 Å². The van der Waals surface area contributed by atoms with Crippen molar-refractivity contribution in [3.05, 3.63) is 0 Å². The van der Waals surface area contributed by atoms with Gasteiger partial charge >= 0.3 is 6.00 Å². The molecule has 0 aromatic carbocycles. The van der Waals surface area contributed by atoms with Gasteiger partial charge < -0.3 is 4.79 Å². The van der Waals surface area contributed by atoms with Crippen molar-refractivity contribution in [1.82, 2.24) is 0 Å². The molecule has 0 radical (unpaired) electrons. The van der Waals surface area contributed by atoms with Gasteiger partial charge in [-0.05, 0) is 19.4 Å². The van der Waals surface area contributed by atoms with Crippen LogP contribution in [-0.2, 0) is 4.79 Å². The lowest BCUT2D eigenvalue weighted by Gasteiger charge is -2.04. The lowest BCUT2D eigenvalue weighted by atomic mass is 10.3. The molecule has 0 amide bonds. The summed E-state index contributed by atoms with van der Waals surface area (Å²) in [6.07, 6.45) is 1.24. The Labute approximate surface area is 75.8 Å². The van der Waals surface area contributed by atoms with Crippen LogP contribution in [0.15, 0.2) is 0 Å². The maximum atomic E-state index is 10.4. The first-order valence-corrected chi connectivity index (χ1v) is 8.22. The normalized spacial score (nSPS) is 11.6. The standard InChI is InChI=1S/C5H9Cl3OSi/c1-5(9)3-2-4-10(6,7)8/h2-4H2,1H3. The minimum Gasteiger partial charge on any atom is -0.300 e. The van der Waals surface area contributed by atoms with Crippen molar-refractivity contribution in [3.63, 3.8) is 0 Å². The number of ketones is 1. The third-order valence-electron chi connectivity index (χ3n) is 0.989. The Kier molecular flexibility index (Phi) is 4.95. The fraction of sp³-hybridized carbons (Fsp3) is 0.800. The van der Waals surface area contributed by atoms with Crippen LogP contribution in [0.4, 0.5) is 0 Å². The van der Waals surface area contributed by atoms with E-state index in [4.69, 9.17) is 33.2 Å². The summed E-state index contributed by atoms with van der Waals surface area (Å²) in [5.41, 5.74) is 0. The zero-order valence-corrected chi connectivity index (χ0v) is 8.93. The van der Waals surface area contributed by atoms with E-state index in [1.807, 2.05) is 0 Å². The predicted octanol–water partition coefficient (Wildman–Crippen LogP) is 3.01. The predicted molar refractivity (Wildman–Crippen MR) is 48.0 cm³/mol. The van der Waals surface area contributed by atoms with Gasteiger partial charge in [0.2, 0.25) is 0 Å². The third-order valence-corrected chi connectivity index (χ3v) is 3.61. The molecule has 1 nitrogen and oxygen atoms in total. The smallest absolute Gasteiger partial charge is 0.300 e. The summed E-state index contributed by atoms with van der Waals surface area (Å²) in [5.74, 6) is 0.156. The van der Waals surface area contributed by atoms with Crippen LogP contribution in [-0.4, -0.2) is 11.8 Å². The Morgan fingerprint density at radius 2 is 1.90 bits per heavy atom. The van der Waals surface area contributed by atoms with Crippen molar-refractivity contribution in [1.29, 1.82) is 0 Å². The highest BCUT2D eigenvalue weighted by atomic mass is 35.8. The summed E-state index contributed by atoms with van der Waals surface area (Å²) >= 11 is 16.7.